The van der Waals surface area contributed by atoms with E-state index in [1.54, 1.807) is 66.7 Å². The summed E-state index contributed by atoms with van der Waals surface area (Å²) in [6.45, 7) is 3.90. The number of esters is 3. The molecule has 0 aliphatic carbocycles. The van der Waals surface area contributed by atoms with Gasteiger partial charge in [0, 0.05) is 83.8 Å². The van der Waals surface area contributed by atoms with E-state index in [1.807, 2.05) is 12.1 Å². The van der Waals surface area contributed by atoms with Gasteiger partial charge in [-0.3, -0.25) is 14.4 Å². The Labute approximate surface area is 486 Å². The molecule has 6 aromatic carbocycles. The van der Waals surface area contributed by atoms with E-state index in [0.717, 1.165) is 0 Å². The smallest absolute Gasteiger partial charge is 0.303 e. The summed E-state index contributed by atoms with van der Waals surface area (Å²) in [5.41, 5.74) is 3.49. The SMILES string of the molecule is COc1ccc2c(c1)OC(c1cc(OC)c(OC)c(OC)c1)C(OC(C)=O)C2c1c(OC)c2c(c(C3c4ccc(OC)cc4OC(c4cc(OC)c(OC)c(OC)c4)C3OC(C)=O)c1OC)OC(c1ccc(OC)c(OC)c1)C(OC(C)=O)C2. The van der Waals surface area contributed by atoms with Gasteiger partial charge in [-0.2, -0.15) is 0 Å². The predicted octanol–water partition coefficient (Wildman–Crippen LogP) is 9.79. The number of benzene rings is 6. The van der Waals surface area contributed by atoms with Gasteiger partial charge < -0.3 is 85.3 Å². The minimum absolute atomic E-state index is 0.0540. The molecule has 84 heavy (non-hydrogen) atoms. The van der Waals surface area contributed by atoms with Crippen LogP contribution in [0.15, 0.2) is 78.9 Å². The molecule has 0 spiro atoms. The van der Waals surface area contributed by atoms with Crippen LogP contribution in [0.5, 0.6) is 86.2 Å². The highest BCUT2D eigenvalue weighted by molar-refractivity contribution is 5.74. The average Bonchev–Trinajstić information content (AvgIpc) is 0.824. The van der Waals surface area contributed by atoms with Gasteiger partial charge in [-0.15, -0.1) is 0 Å². The van der Waals surface area contributed by atoms with Crippen molar-refractivity contribution in [3.63, 3.8) is 0 Å². The van der Waals surface area contributed by atoms with Crippen LogP contribution in [0.4, 0.5) is 0 Å². The average molecular weight is 1160 g/mol. The molecular formula is C63H68O21. The number of hydrogen-bond donors (Lipinski definition) is 0. The van der Waals surface area contributed by atoms with E-state index in [1.165, 1.54) is 106 Å². The highest BCUT2D eigenvalue weighted by Crippen LogP contribution is 2.63. The van der Waals surface area contributed by atoms with Crippen molar-refractivity contribution in [3.05, 3.63) is 123 Å². The van der Waals surface area contributed by atoms with Crippen LogP contribution in [0.3, 0.4) is 0 Å². The lowest BCUT2D eigenvalue weighted by Crippen LogP contribution is -2.41. The van der Waals surface area contributed by atoms with Crippen molar-refractivity contribution < 1.29 is 99.6 Å². The highest BCUT2D eigenvalue weighted by atomic mass is 16.6. The lowest BCUT2D eigenvalue weighted by Gasteiger charge is -2.44. The van der Waals surface area contributed by atoms with Crippen molar-refractivity contribution in [2.45, 2.75) is 75.7 Å². The van der Waals surface area contributed by atoms with Gasteiger partial charge in [0.15, 0.2) is 65.0 Å². The first-order chi connectivity index (χ1) is 40.6. The fourth-order valence-electron chi connectivity index (χ4n) is 11.7. The molecule has 3 aliphatic rings. The summed E-state index contributed by atoms with van der Waals surface area (Å²) in [5, 5.41) is 0. The first kappa shape index (κ1) is 59.4. The molecule has 0 bridgehead atoms. The quantitative estimate of drug-likeness (QED) is 0.0513. The minimum Gasteiger partial charge on any atom is -0.497 e. The van der Waals surface area contributed by atoms with Gasteiger partial charge in [-0.05, 0) is 48.5 Å². The number of carbonyl (C=O) groups is 3. The third kappa shape index (κ3) is 10.8. The van der Waals surface area contributed by atoms with E-state index in [0.29, 0.717) is 102 Å². The van der Waals surface area contributed by atoms with Crippen molar-refractivity contribution in [1.29, 1.82) is 0 Å². The van der Waals surface area contributed by atoms with Crippen LogP contribution in [0, 0.1) is 0 Å². The van der Waals surface area contributed by atoms with E-state index in [-0.39, 0.29) is 35.2 Å². The van der Waals surface area contributed by atoms with Crippen LogP contribution >= 0.6 is 0 Å². The molecule has 21 heteroatoms. The van der Waals surface area contributed by atoms with Crippen molar-refractivity contribution in [3.8, 4) is 86.2 Å². The standard InChI is InChI=1S/C63H68O21/c1-30(64)79-49-29-40-57(75-12)52(50-38-19-17-36(67-4)27-42(38)82-55(62(50)80-31(2)65)34-23-45(71-8)59(76-13)46(24-34)72-9)61(78-15)53(58(40)84-54(49)33-16-21-41(69-6)44(22-33)70-7)51-39-20-18-37(68-5)28-43(39)83-56(63(51)81-32(3)66)35-25-47(73-10)60(77-14)48(26-35)74-11/h16-28,49-51,54-56,62-63H,29H2,1-15H3. The van der Waals surface area contributed by atoms with Gasteiger partial charge in [0.2, 0.25) is 11.5 Å². The Morgan fingerprint density at radius 1 is 0.381 bits per heavy atom. The Hall–Kier alpha value is -9.27. The fraction of sp³-hybridized carbons (Fsp3) is 0.381. The maximum Gasteiger partial charge on any atom is 0.303 e. The maximum atomic E-state index is 14.0. The second kappa shape index (κ2) is 25.1. The number of ether oxygens (including phenoxy) is 18. The van der Waals surface area contributed by atoms with Crippen LogP contribution in [0.1, 0.15) is 95.4 Å². The summed E-state index contributed by atoms with van der Waals surface area (Å²) in [6.07, 6.45) is -7.01. The molecule has 0 saturated heterocycles. The zero-order chi connectivity index (χ0) is 60.3. The molecule has 0 N–H and O–H groups in total. The molecule has 9 rings (SSSR count). The molecule has 3 heterocycles. The van der Waals surface area contributed by atoms with Crippen LogP contribution in [-0.4, -0.2) is 122 Å². The monoisotopic (exact) mass is 1160 g/mol. The van der Waals surface area contributed by atoms with E-state index in [2.05, 4.69) is 0 Å². The first-order valence-corrected chi connectivity index (χ1v) is 26.6. The molecule has 21 nitrogen and oxygen atoms in total. The molecule has 6 aromatic rings. The van der Waals surface area contributed by atoms with Crippen molar-refractivity contribution in [2.24, 2.45) is 0 Å². The molecule has 0 amide bonds. The molecular weight excluding hydrogens is 1090 g/mol. The maximum absolute atomic E-state index is 14.0. The minimum atomic E-state index is -1.29. The molecule has 0 fully saturated rings. The van der Waals surface area contributed by atoms with Gasteiger partial charge >= 0.3 is 17.9 Å². The molecule has 8 atom stereocenters. The summed E-state index contributed by atoms with van der Waals surface area (Å²) in [6, 6.07) is 22.7. The Kier molecular flexibility index (Phi) is 17.7. The van der Waals surface area contributed by atoms with Crippen molar-refractivity contribution >= 4 is 17.9 Å². The second-order valence-corrected chi connectivity index (χ2v) is 19.6. The van der Waals surface area contributed by atoms with Crippen LogP contribution in [0.25, 0.3) is 0 Å². The van der Waals surface area contributed by atoms with E-state index < -0.39 is 66.4 Å². The van der Waals surface area contributed by atoms with E-state index in [4.69, 9.17) is 85.3 Å². The highest BCUT2D eigenvalue weighted by Gasteiger charge is 2.53. The molecule has 0 aromatic heterocycles. The summed E-state index contributed by atoms with van der Waals surface area (Å²) in [5.74, 6) is 0.567. The topological polar surface area (TPSA) is 217 Å². The predicted molar refractivity (Wildman–Crippen MR) is 301 cm³/mol. The number of methoxy groups -OCH3 is 12. The van der Waals surface area contributed by atoms with Gasteiger partial charge in [0.25, 0.3) is 0 Å². The van der Waals surface area contributed by atoms with Gasteiger partial charge in [0.1, 0.15) is 46.4 Å². The summed E-state index contributed by atoms with van der Waals surface area (Å²) < 4.78 is 113. The Morgan fingerprint density at radius 3 is 1.19 bits per heavy atom. The summed E-state index contributed by atoms with van der Waals surface area (Å²) in [4.78, 5) is 41.3. The number of fused-ring (bicyclic) bond motifs is 3. The first-order valence-electron chi connectivity index (χ1n) is 26.6. The van der Waals surface area contributed by atoms with Crippen LogP contribution < -0.4 is 71.1 Å². The van der Waals surface area contributed by atoms with Gasteiger partial charge in [-0.1, -0.05) is 18.2 Å². The normalized spacial score (nSPS) is 20.0. The summed E-state index contributed by atoms with van der Waals surface area (Å²) in [7, 11) is 18.0. The number of rotatable bonds is 20. The second-order valence-electron chi connectivity index (χ2n) is 19.6. The Bertz CT molecular complexity index is 3400. The lowest BCUT2D eigenvalue weighted by atomic mass is 9.73. The zero-order valence-corrected chi connectivity index (χ0v) is 49.4. The van der Waals surface area contributed by atoms with Crippen molar-refractivity contribution in [1.82, 2.24) is 0 Å². The number of carbonyl (C=O) groups excluding carboxylic acids is 3. The third-order valence-electron chi connectivity index (χ3n) is 15.1. The molecule has 3 aliphatic heterocycles. The fourth-order valence-corrected chi connectivity index (χ4v) is 11.7. The Morgan fingerprint density at radius 2 is 0.798 bits per heavy atom. The van der Waals surface area contributed by atoms with E-state index in [9.17, 15) is 14.4 Å². The van der Waals surface area contributed by atoms with Crippen LogP contribution in [0.2, 0.25) is 0 Å². The van der Waals surface area contributed by atoms with Crippen molar-refractivity contribution in [2.75, 3.05) is 85.3 Å². The summed E-state index contributed by atoms with van der Waals surface area (Å²) >= 11 is 0. The third-order valence-corrected chi connectivity index (χ3v) is 15.1. The van der Waals surface area contributed by atoms with Gasteiger partial charge in [-0.25, -0.2) is 0 Å². The molecule has 446 valence electrons. The largest absolute Gasteiger partial charge is 0.497 e. The van der Waals surface area contributed by atoms with Crippen LogP contribution in [-0.2, 0) is 35.0 Å². The molecule has 0 radical (unpaired) electrons. The number of hydrogen-bond acceptors (Lipinski definition) is 21. The van der Waals surface area contributed by atoms with E-state index >= 15 is 0 Å². The lowest BCUT2D eigenvalue weighted by molar-refractivity contribution is -0.154. The molecule has 8 unspecified atom stereocenters. The molecule has 0 saturated carbocycles. The zero-order valence-electron chi connectivity index (χ0n) is 49.4. The van der Waals surface area contributed by atoms with Gasteiger partial charge in [0.05, 0.1) is 97.2 Å². The Balaban J connectivity index is 1.46.